The Morgan fingerprint density at radius 2 is 1.81 bits per heavy atom. The average molecular weight is 410 g/mol. The Hall–Kier alpha value is -2.22. The standard InChI is InChI=1S/C19H20ClNO5S/c1-26-18(22)17(11-12-27(25)16-9-7-15(20)8-10-16)21(19(23)24)13-14-5-3-2-4-6-14/h2-10,17H,11-13H2,1H3,(H,23,24)/t17-,27?/m0/s1. The minimum absolute atomic E-state index is 0.0313. The maximum Gasteiger partial charge on any atom is 0.408 e. The fourth-order valence-electron chi connectivity index (χ4n) is 2.55. The molecule has 0 heterocycles. The Morgan fingerprint density at radius 1 is 1.19 bits per heavy atom. The van der Waals surface area contributed by atoms with E-state index in [4.69, 9.17) is 16.3 Å². The molecule has 0 aliphatic carbocycles. The lowest BCUT2D eigenvalue weighted by Crippen LogP contribution is -2.45. The van der Waals surface area contributed by atoms with Gasteiger partial charge >= 0.3 is 12.1 Å². The maximum absolute atomic E-state index is 12.5. The summed E-state index contributed by atoms with van der Waals surface area (Å²) in [6, 6.07) is 14.4. The molecule has 0 bridgehead atoms. The molecule has 8 heteroatoms. The lowest BCUT2D eigenvalue weighted by atomic mass is 10.1. The zero-order chi connectivity index (χ0) is 19.8. The molecule has 1 unspecified atom stereocenters. The van der Waals surface area contributed by atoms with Gasteiger partial charge in [-0.1, -0.05) is 41.9 Å². The Labute approximate surface area is 165 Å². The summed E-state index contributed by atoms with van der Waals surface area (Å²) in [6.45, 7) is 0.0313. The number of hydrogen-bond donors (Lipinski definition) is 1. The van der Waals surface area contributed by atoms with Crippen LogP contribution in [-0.4, -0.2) is 45.5 Å². The molecule has 0 aromatic heterocycles. The van der Waals surface area contributed by atoms with Gasteiger partial charge in [0.05, 0.1) is 7.11 Å². The van der Waals surface area contributed by atoms with Gasteiger partial charge in [0, 0.05) is 18.0 Å². The molecule has 27 heavy (non-hydrogen) atoms. The van der Waals surface area contributed by atoms with E-state index in [1.54, 1.807) is 48.5 Å². The van der Waals surface area contributed by atoms with Gasteiger partial charge in [0.1, 0.15) is 11.8 Å². The van der Waals surface area contributed by atoms with Crippen LogP contribution in [0.2, 0.25) is 5.02 Å². The van der Waals surface area contributed by atoms with Gasteiger partial charge in [-0.2, -0.15) is 0 Å². The van der Waals surface area contributed by atoms with Gasteiger partial charge in [0.2, 0.25) is 0 Å². The van der Waals surface area contributed by atoms with Crippen LogP contribution in [0.25, 0.3) is 0 Å². The molecular weight excluding hydrogens is 390 g/mol. The number of carbonyl (C=O) groups excluding carboxylic acids is 1. The fraction of sp³-hybridized carbons (Fsp3) is 0.263. The molecular formula is C19H20ClNO5S. The molecule has 0 aliphatic rings. The predicted molar refractivity (Wildman–Crippen MR) is 103 cm³/mol. The molecule has 144 valence electrons. The van der Waals surface area contributed by atoms with Gasteiger partial charge in [-0.3, -0.25) is 4.90 Å². The van der Waals surface area contributed by atoms with Crippen LogP contribution in [0.5, 0.6) is 0 Å². The highest BCUT2D eigenvalue weighted by molar-refractivity contribution is 7.91. The number of methoxy groups -OCH3 is 1. The van der Waals surface area contributed by atoms with E-state index in [0.717, 1.165) is 10.5 Å². The van der Waals surface area contributed by atoms with Crippen LogP contribution < -0.4 is 0 Å². The van der Waals surface area contributed by atoms with E-state index < -0.39 is 29.3 Å². The van der Waals surface area contributed by atoms with Gasteiger partial charge in [-0.15, -0.1) is 0 Å². The zero-order valence-electron chi connectivity index (χ0n) is 14.7. The number of ether oxygens (including phenoxy) is 1. The fourth-order valence-corrected chi connectivity index (χ4v) is 3.79. The summed E-state index contributed by atoms with van der Waals surface area (Å²) in [7, 11) is 1.20. The van der Waals surface area contributed by atoms with E-state index in [1.165, 1.54) is 7.11 Å². The molecule has 1 amide bonds. The first-order valence-corrected chi connectivity index (χ1v) is 9.87. The van der Waals surface area contributed by atoms with Crippen molar-refractivity contribution < 1.29 is 24.0 Å². The van der Waals surface area contributed by atoms with Gasteiger partial charge in [-0.25, -0.2) is 9.59 Å². The maximum atomic E-state index is 12.5. The molecule has 0 fully saturated rings. The highest BCUT2D eigenvalue weighted by Gasteiger charge is 2.32. The summed E-state index contributed by atoms with van der Waals surface area (Å²) >= 11 is 4.43. The van der Waals surface area contributed by atoms with Crippen molar-refractivity contribution in [3.05, 3.63) is 65.2 Å². The van der Waals surface area contributed by atoms with Crippen molar-refractivity contribution in [3.8, 4) is 0 Å². The van der Waals surface area contributed by atoms with E-state index >= 15 is 0 Å². The molecule has 2 rings (SSSR count). The van der Waals surface area contributed by atoms with E-state index in [-0.39, 0.29) is 18.7 Å². The van der Waals surface area contributed by atoms with Crippen molar-refractivity contribution in [3.63, 3.8) is 0 Å². The number of esters is 1. The molecule has 6 nitrogen and oxygen atoms in total. The van der Waals surface area contributed by atoms with Crippen LogP contribution in [0, 0.1) is 0 Å². The van der Waals surface area contributed by atoms with Crippen LogP contribution in [-0.2, 0) is 27.3 Å². The molecule has 0 saturated heterocycles. The summed E-state index contributed by atoms with van der Waals surface area (Å²) < 4.78 is 17.2. The number of nitrogens with zero attached hydrogens (tertiary/aromatic N) is 1. The number of benzene rings is 2. The number of rotatable bonds is 8. The molecule has 0 saturated carbocycles. The second kappa shape index (κ2) is 10.2. The van der Waals surface area contributed by atoms with Crippen molar-refractivity contribution >= 4 is 34.8 Å². The average Bonchev–Trinajstić information content (AvgIpc) is 2.67. The largest absolute Gasteiger partial charge is 0.611 e. The summed E-state index contributed by atoms with van der Waals surface area (Å²) in [5.74, 6) is -0.568. The minimum atomic E-state index is -1.39. The number of carbonyl (C=O) groups is 2. The summed E-state index contributed by atoms with van der Waals surface area (Å²) in [6.07, 6.45) is -1.17. The van der Waals surface area contributed by atoms with Crippen molar-refractivity contribution in [1.29, 1.82) is 0 Å². The van der Waals surface area contributed by atoms with Gasteiger partial charge in [0.25, 0.3) is 0 Å². The van der Waals surface area contributed by atoms with Gasteiger partial charge < -0.3 is 14.4 Å². The third-order valence-electron chi connectivity index (χ3n) is 3.94. The van der Waals surface area contributed by atoms with Crippen LogP contribution in [0.3, 0.4) is 0 Å². The summed E-state index contributed by atoms with van der Waals surface area (Å²) in [4.78, 5) is 25.5. The number of amides is 1. The second-order valence-corrected chi connectivity index (χ2v) is 7.73. The van der Waals surface area contributed by atoms with E-state index in [1.807, 2.05) is 6.07 Å². The first kappa shape index (κ1) is 21.1. The molecule has 0 spiro atoms. The molecule has 2 aromatic carbocycles. The SMILES string of the molecule is COC(=O)[C@H](CC[S+]([O-])c1ccc(Cl)cc1)N(Cc1ccccc1)C(=O)O. The Bertz CT molecular complexity index is 756. The quantitative estimate of drug-likeness (QED) is 0.531. The number of hydrogen-bond acceptors (Lipinski definition) is 4. The first-order chi connectivity index (χ1) is 12.9. The monoisotopic (exact) mass is 409 g/mol. The van der Waals surface area contributed by atoms with Gasteiger partial charge in [-0.05, 0) is 41.0 Å². The Balaban J connectivity index is 2.13. The van der Waals surface area contributed by atoms with Crippen molar-refractivity contribution in [1.82, 2.24) is 4.90 Å². The molecule has 2 atom stereocenters. The summed E-state index contributed by atoms with van der Waals surface area (Å²) in [5.41, 5.74) is 0.743. The smallest absolute Gasteiger partial charge is 0.408 e. The molecule has 2 aromatic rings. The van der Waals surface area contributed by atoms with E-state index in [0.29, 0.717) is 9.92 Å². The lowest BCUT2D eigenvalue weighted by Gasteiger charge is -2.27. The van der Waals surface area contributed by atoms with Crippen LogP contribution in [0.1, 0.15) is 12.0 Å². The Morgan fingerprint density at radius 3 is 2.37 bits per heavy atom. The van der Waals surface area contributed by atoms with Crippen LogP contribution in [0.4, 0.5) is 4.79 Å². The van der Waals surface area contributed by atoms with Gasteiger partial charge in [0.15, 0.2) is 4.90 Å². The zero-order valence-corrected chi connectivity index (χ0v) is 16.3. The highest BCUT2D eigenvalue weighted by Crippen LogP contribution is 2.19. The minimum Gasteiger partial charge on any atom is -0.611 e. The van der Waals surface area contributed by atoms with Crippen molar-refractivity contribution in [2.75, 3.05) is 12.9 Å². The topological polar surface area (TPSA) is 89.9 Å². The van der Waals surface area contributed by atoms with Crippen LogP contribution >= 0.6 is 11.6 Å². The molecule has 1 N–H and O–H groups in total. The first-order valence-electron chi connectivity index (χ1n) is 8.17. The van der Waals surface area contributed by atoms with Crippen molar-refractivity contribution in [2.24, 2.45) is 0 Å². The molecule has 0 radical (unpaired) electrons. The Kier molecular flexibility index (Phi) is 7.97. The predicted octanol–water partition coefficient (Wildman–Crippen LogP) is 3.56. The van der Waals surface area contributed by atoms with Crippen molar-refractivity contribution in [2.45, 2.75) is 23.9 Å². The highest BCUT2D eigenvalue weighted by atomic mass is 35.5. The third-order valence-corrected chi connectivity index (χ3v) is 5.60. The van der Waals surface area contributed by atoms with E-state index in [2.05, 4.69) is 0 Å². The van der Waals surface area contributed by atoms with Crippen LogP contribution in [0.15, 0.2) is 59.5 Å². The number of carboxylic acid groups (broad SMARTS) is 1. The number of halogens is 1. The second-order valence-electron chi connectivity index (χ2n) is 5.73. The van der Waals surface area contributed by atoms with E-state index in [9.17, 15) is 19.2 Å². The lowest BCUT2D eigenvalue weighted by molar-refractivity contribution is -0.146. The summed E-state index contributed by atoms with van der Waals surface area (Å²) in [5, 5.41) is 10.1. The molecule has 0 aliphatic heterocycles. The third kappa shape index (κ3) is 6.16. The normalized spacial score (nSPS) is 12.9.